The van der Waals surface area contributed by atoms with Gasteiger partial charge in [-0.2, -0.15) is 0 Å². The monoisotopic (exact) mass is 162 g/mol. The Labute approximate surface area is 64.8 Å². The van der Waals surface area contributed by atoms with Crippen LogP contribution in [0.1, 0.15) is 25.7 Å². The number of hydrogen-bond donors (Lipinski definition) is 0. The molecule has 1 rings (SSSR count). The molecule has 11 heavy (non-hydrogen) atoms. The summed E-state index contributed by atoms with van der Waals surface area (Å²) >= 11 is 0. The summed E-state index contributed by atoms with van der Waals surface area (Å²) in [6, 6.07) is 0. The van der Waals surface area contributed by atoms with E-state index in [0.717, 1.165) is 19.1 Å². The van der Waals surface area contributed by atoms with Crippen LogP contribution in [0.4, 0.5) is 8.78 Å². The van der Waals surface area contributed by atoms with Crippen LogP contribution in [0.15, 0.2) is 0 Å². The Balaban J connectivity index is 2.39. The fourth-order valence-corrected chi connectivity index (χ4v) is 1.62. The van der Waals surface area contributed by atoms with Gasteiger partial charge in [0.1, 0.15) is 6.29 Å². The van der Waals surface area contributed by atoms with Crippen LogP contribution in [0.5, 0.6) is 0 Å². The maximum Gasteiger partial charge on any atom is 0.241 e. The lowest BCUT2D eigenvalue weighted by atomic mass is 9.82. The Morgan fingerprint density at radius 3 is 2.64 bits per heavy atom. The maximum atomic E-state index is 12.1. The van der Waals surface area contributed by atoms with Crippen molar-refractivity contribution in [2.75, 3.05) is 0 Å². The lowest BCUT2D eigenvalue weighted by Crippen LogP contribution is -2.21. The first-order valence-corrected chi connectivity index (χ1v) is 3.97. The molecule has 1 nitrogen and oxygen atoms in total. The van der Waals surface area contributed by atoms with Gasteiger partial charge >= 0.3 is 0 Å². The molecule has 0 N–H and O–H groups in total. The Bertz CT molecular complexity index is 136. The highest BCUT2D eigenvalue weighted by molar-refractivity contribution is 5.53. The average molecular weight is 162 g/mol. The highest BCUT2D eigenvalue weighted by Gasteiger charge is 2.27. The summed E-state index contributed by atoms with van der Waals surface area (Å²) in [6.45, 7) is 0. The molecule has 0 aromatic carbocycles. The minimum Gasteiger partial charge on any atom is -0.303 e. The second-order valence-corrected chi connectivity index (χ2v) is 3.16. The van der Waals surface area contributed by atoms with Crippen molar-refractivity contribution >= 4 is 6.29 Å². The van der Waals surface area contributed by atoms with E-state index in [1.807, 2.05) is 0 Å². The number of carbonyl (C=O) groups is 1. The zero-order chi connectivity index (χ0) is 8.27. The normalized spacial score (nSPS) is 32.3. The van der Waals surface area contributed by atoms with Gasteiger partial charge in [0.05, 0.1) is 0 Å². The highest BCUT2D eigenvalue weighted by atomic mass is 19.3. The molecule has 0 amide bonds. The number of aldehydes is 1. The van der Waals surface area contributed by atoms with Crippen LogP contribution in [-0.2, 0) is 4.79 Å². The van der Waals surface area contributed by atoms with E-state index >= 15 is 0 Å². The van der Waals surface area contributed by atoms with Crippen molar-refractivity contribution in [3.63, 3.8) is 0 Å². The lowest BCUT2D eigenvalue weighted by molar-refractivity contribution is -0.113. The van der Waals surface area contributed by atoms with Gasteiger partial charge in [0, 0.05) is 11.8 Å². The van der Waals surface area contributed by atoms with Crippen LogP contribution in [0, 0.1) is 11.8 Å². The first-order chi connectivity index (χ1) is 5.24. The van der Waals surface area contributed by atoms with E-state index in [-0.39, 0.29) is 5.92 Å². The second-order valence-electron chi connectivity index (χ2n) is 3.16. The topological polar surface area (TPSA) is 17.1 Å². The Morgan fingerprint density at radius 1 is 1.36 bits per heavy atom. The molecule has 0 heterocycles. The highest BCUT2D eigenvalue weighted by Crippen LogP contribution is 2.31. The smallest absolute Gasteiger partial charge is 0.241 e. The molecule has 0 bridgehead atoms. The molecule has 1 fully saturated rings. The third kappa shape index (κ3) is 2.24. The van der Waals surface area contributed by atoms with Crippen molar-refractivity contribution in [1.29, 1.82) is 0 Å². The van der Waals surface area contributed by atoms with Gasteiger partial charge in [-0.1, -0.05) is 6.42 Å². The van der Waals surface area contributed by atoms with Gasteiger partial charge in [0.25, 0.3) is 0 Å². The lowest BCUT2D eigenvalue weighted by Gasteiger charge is -2.24. The van der Waals surface area contributed by atoms with E-state index in [1.165, 1.54) is 0 Å². The Hall–Kier alpha value is -0.470. The SMILES string of the molecule is O=CC1CCCC(C(F)F)C1. The van der Waals surface area contributed by atoms with Crippen molar-refractivity contribution in [2.24, 2.45) is 11.8 Å². The van der Waals surface area contributed by atoms with Crippen LogP contribution >= 0.6 is 0 Å². The molecule has 3 heteroatoms. The Kier molecular flexibility index (Phi) is 2.97. The summed E-state index contributed by atoms with van der Waals surface area (Å²) in [6.07, 6.45) is 1.13. The zero-order valence-corrected chi connectivity index (χ0v) is 6.30. The van der Waals surface area contributed by atoms with E-state index in [0.29, 0.717) is 12.8 Å². The van der Waals surface area contributed by atoms with Crippen molar-refractivity contribution in [3.8, 4) is 0 Å². The van der Waals surface area contributed by atoms with E-state index in [1.54, 1.807) is 0 Å². The van der Waals surface area contributed by atoms with Crippen LogP contribution in [0.2, 0.25) is 0 Å². The third-order valence-corrected chi connectivity index (χ3v) is 2.30. The molecule has 0 aliphatic heterocycles. The minimum atomic E-state index is -2.24. The van der Waals surface area contributed by atoms with Gasteiger partial charge in [-0.05, 0) is 19.3 Å². The van der Waals surface area contributed by atoms with Gasteiger partial charge in [-0.3, -0.25) is 0 Å². The molecular weight excluding hydrogens is 150 g/mol. The van der Waals surface area contributed by atoms with Gasteiger partial charge in [-0.15, -0.1) is 0 Å². The molecule has 1 aliphatic rings. The van der Waals surface area contributed by atoms with E-state index in [9.17, 15) is 13.6 Å². The summed E-state index contributed by atoms with van der Waals surface area (Å²) in [5.41, 5.74) is 0. The summed E-state index contributed by atoms with van der Waals surface area (Å²) in [7, 11) is 0. The molecule has 64 valence electrons. The van der Waals surface area contributed by atoms with Gasteiger partial charge in [0.15, 0.2) is 0 Å². The standard InChI is InChI=1S/C8H12F2O/c9-8(10)7-3-1-2-6(4-7)5-11/h5-8H,1-4H2. The maximum absolute atomic E-state index is 12.1. The summed E-state index contributed by atoms with van der Waals surface area (Å²) < 4.78 is 24.2. The second kappa shape index (κ2) is 3.79. The van der Waals surface area contributed by atoms with Crippen molar-refractivity contribution in [1.82, 2.24) is 0 Å². The summed E-state index contributed by atoms with van der Waals surface area (Å²) in [5.74, 6) is -0.637. The quantitative estimate of drug-likeness (QED) is 0.569. The van der Waals surface area contributed by atoms with Crippen LogP contribution in [-0.4, -0.2) is 12.7 Å². The van der Waals surface area contributed by atoms with Crippen molar-refractivity contribution in [3.05, 3.63) is 0 Å². The Morgan fingerprint density at radius 2 is 2.09 bits per heavy atom. The fraction of sp³-hybridized carbons (Fsp3) is 0.875. The van der Waals surface area contributed by atoms with Gasteiger partial charge in [0.2, 0.25) is 6.43 Å². The van der Waals surface area contributed by atoms with Crippen LogP contribution in [0.3, 0.4) is 0 Å². The molecule has 1 saturated carbocycles. The molecule has 0 spiro atoms. The van der Waals surface area contributed by atoms with E-state index < -0.39 is 12.3 Å². The zero-order valence-electron chi connectivity index (χ0n) is 6.30. The van der Waals surface area contributed by atoms with Crippen LogP contribution in [0.25, 0.3) is 0 Å². The van der Waals surface area contributed by atoms with Gasteiger partial charge in [-0.25, -0.2) is 8.78 Å². The minimum absolute atomic E-state index is 0.109. The number of rotatable bonds is 2. The van der Waals surface area contributed by atoms with E-state index in [4.69, 9.17) is 0 Å². The predicted molar refractivity (Wildman–Crippen MR) is 37.5 cm³/mol. The number of carbonyl (C=O) groups excluding carboxylic acids is 1. The third-order valence-electron chi connectivity index (χ3n) is 2.30. The molecule has 0 saturated heterocycles. The molecular formula is C8H12F2O. The van der Waals surface area contributed by atoms with Gasteiger partial charge < -0.3 is 4.79 Å². The first-order valence-electron chi connectivity index (χ1n) is 3.97. The molecule has 0 aromatic rings. The fourth-order valence-electron chi connectivity index (χ4n) is 1.62. The average Bonchev–Trinajstić information content (AvgIpc) is 2.05. The molecule has 0 aromatic heterocycles. The van der Waals surface area contributed by atoms with E-state index in [2.05, 4.69) is 0 Å². The van der Waals surface area contributed by atoms with Crippen molar-refractivity contribution < 1.29 is 13.6 Å². The molecule has 2 atom stereocenters. The number of alkyl halides is 2. The van der Waals surface area contributed by atoms with Crippen molar-refractivity contribution in [2.45, 2.75) is 32.1 Å². The predicted octanol–water partition coefficient (Wildman–Crippen LogP) is 2.26. The number of halogens is 2. The molecule has 0 radical (unpaired) electrons. The summed E-state index contributed by atoms with van der Waals surface area (Å²) in [5, 5.41) is 0. The largest absolute Gasteiger partial charge is 0.303 e. The summed E-state index contributed by atoms with van der Waals surface area (Å²) in [4.78, 5) is 10.3. The molecule has 2 unspecified atom stereocenters. The first kappa shape index (κ1) is 8.62. The molecule has 1 aliphatic carbocycles. The number of hydrogen-bond acceptors (Lipinski definition) is 1. The van der Waals surface area contributed by atoms with Crippen LogP contribution < -0.4 is 0 Å².